The Labute approximate surface area is 132 Å². The van der Waals surface area contributed by atoms with Crippen molar-refractivity contribution in [3.63, 3.8) is 0 Å². The van der Waals surface area contributed by atoms with Crippen LogP contribution >= 0.6 is 11.6 Å². The van der Waals surface area contributed by atoms with Crippen molar-refractivity contribution in [3.8, 4) is 5.82 Å². The molecule has 1 aromatic carbocycles. The molecular weight excluding hydrogens is 300 g/mol. The van der Waals surface area contributed by atoms with Crippen LogP contribution in [0.15, 0.2) is 42.5 Å². The summed E-state index contributed by atoms with van der Waals surface area (Å²) in [6.07, 6.45) is 0.261. The lowest BCUT2D eigenvalue weighted by Crippen LogP contribution is -2.15. The zero-order valence-corrected chi connectivity index (χ0v) is 12.8. The molecule has 0 aliphatic rings. The van der Waals surface area contributed by atoms with Crippen LogP contribution in [0.5, 0.6) is 0 Å². The van der Waals surface area contributed by atoms with Crippen molar-refractivity contribution in [1.82, 2.24) is 14.8 Å². The third-order valence-electron chi connectivity index (χ3n) is 3.22. The number of aryl methyl sites for hydroxylation is 1. The number of carbonyl (C=O) groups is 1. The number of alkyl halides is 1. The molecule has 1 N–H and O–H groups in total. The molecule has 3 rings (SSSR count). The summed E-state index contributed by atoms with van der Waals surface area (Å²) in [5.74, 6) is 1.40. The van der Waals surface area contributed by atoms with Gasteiger partial charge in [0.15, 0.2) is 5.82 Å². The summed E-state index contributed by atoms with van der Waals surface area (Å²) in [6, 6.07) is 13.5. The van der Waals surface area contributed by atoms with Gasteiger partial charge in [0.05, 0.1) is 11.2 Å². The number of amides is 1. The van der Waals surface area contributed by atoms with E-state index in [1.54, 1.807) is 4.68 Å². The number of hydrogen-bond donors (Lipinski definition) is 1. The van der Waals surface area contributed by atoms with E-state index in [0.717, 1.165) is 16.6 Å². The molecule has 0 saturated heterocycles. The van der Waals surface area contributed by atoms with E-state index >= 15 is 0 Å². The number of nitrogens with zero attached hydrogens (tertiary/aromatic N) is 3. The Hall–Kier alpha value is -2.40. The largest absolute Gasteiger partial charge is 0.310 e. The molecule has 1 amide bonds. The van der Waals surface area contributed by atoms with E-state index in [1.165, 1.54) is 0 Å². The Morgan fingerprint density at radius 1 is 1.27 bits per heavy atom. The summed E-state index contributed by atoms with van der Waals surface area (Å²) < 4.78 is 1.63. The van der Waals surface area contributed by atoms with E-state index in [1.807, 2.05) is 49.4 Å². The topological polar surface area (TPSA) is 59.8 Å². The van der Waals surface area contributed by atoms with Crippen LogP contribution in [0.1, 0.15) is 12.1 Å². The van der Waals surface area contributed by atoms with Crippen LogP contribution in [-0.2, 0) is 4.79 Å². The molecule has 0 radical (unpaired) electrons. The number of hydrogen-bond acceptors (Lipinski definition) is 3. The first-order valence-corrected chi connectivity index (χ1v) is 7.49. The molecule has 3 aromatic rings. The van der Waals surface area contributed by atoms with Gasteiger partial charge >= 0.3 is 0 Å². The molecule has 5 nitrogen and oxygen atoms in total. The number of halogens is 1. The fourth-order valence-corrected chi connectivity index (χ4v) is 2.40. The van der Waals surface area contributed by atoms with Crippen molar-refractivity contribution in [2.75, 3.05) is 11.2 Å². The van der Waals surface area contributed by atoms with E-state index in [-0.39, 0.29) is 18.2 Å². The number of anilines is 1. The number of pyridine rings is 1. The molecule has 0 aliphatic carbocycles. The smallest absolute Gasteiger partial charge is 0.226 e. The van der Waals surface area contributed by atoms with E-state index in [2.05, 4.69) is 15.4 Å². The summed E-state index contributed by atoms with van der Waals surface area (Å²) in [5.41, 5.74) is 1.68. The summed E-state index contributed by atoms with van der Waals surface area (Å²) in [4.78, 5) is 16.4. The number of benzene rings is 1. The Balaban J connectivity index is 2.00. The van der Waals surface area contributed by atoms with Crippen LogP contribution in [0.2, 0.25) is 0 Å². The molecule has 0 unspecified atom stereocenters. The lowest BCUT2D eigenvalue weighted by Gasteiger charge is -2.08. The number of carbonyl (C=O) groups excluding carboxylic acids is 1. The number of para-hydroxylation sites is 1. The summed E-state index contributed by atoms with van der Waals surface area (Å²) in [6.45, 7) is 1.87. The number of nitrogens with one attached hydrogen (secondary N) is 1. The van der Waals surface area contributed by atoms with E-state index < -0.39 is 0 Å². The van der Waals surface area contributed by atoms with E-state index in [0.29, 0.717) is 11.6 Å². The van der Waals surface area contributed by atoms with Gasteiger partial charge in [-0.3, -0.25) is 4.79 Å². The van der Waals surface area contributed by atoms with Crippen LogP contribution in [0, 0.1) is 6.92 Å². The molecule has 2 heterocycles. The lowest BCUT2D eigenvalue weighted by atomic mass is 10.2. The summed E-state index contributed by atoms with van der Waals surface area (Å²) in [5, 5.41) is 8.28. The Morgan fingerprint density at radius 2 is 2.09 bits per heavy atom. The maximum Gasteiger partial charge on any atom is 0.226 e. The molecule has 112 valence electrons. The van der Waals surface area contributed by atoms with Crippen LogP contribution in [-0.4, -0.2) is 26.6 Å². The van der Waals surface area contributed by atoms with E-state index in [4.69, 9.17) is 11.6 Å². The van der Waals surface area contributed by atoms with Gasteiger partial charge in [-0.1, -0.05) is 18.2 Å². The van der Waals surface area contributed by atoms with Crippen molar-refractivity contribution in [3.05, 3.63) is 48.2 Å². The summed E-state index contributed by atoms with van der Waals surface area (Å²) >= 11 is 5.59. The zero-order valence-electron chi connectivity index (χ0n) is 12.1. The molecule has 0 spiro atoms. The van der Waals surface area contributed by atoms with Crippen LogP contribution in [0.25, 0.3) is 16.7 Å². The second-order valence-corrected chi connectivity index (χ2v) is 5.31. The average Bonchev–Trinajstić information content (AvgIpc) is 2.87. The van der Waals surface area contributed by atoms with Gasteiger partial charge in [-0.2, -0.15) is 9.78 Å². The van der Waals surface area contributed by atoms with Gasteiger partial charge in [0, 0.05) is 23.8 Å². The molecule has 2 aromatic heterocycles. The monoisotopic (exact) mass is 314 g/mol. The fourth-order valence-electron chi connectivity index (χ4n) is 2.23. The third-order valence-corrected chi connectivity index (χ3v) is 3.41. The van der Waals surface area contributed by atoms with Gasteiger partial charge in [-0.25, -0.2) is 4.98 Å². The zero-order chi connectivity index (χ0) is 15.5. The van der Waals surface area contributed by atoms with Crippen LogP contribution < -0.4 is 5.32 Å². The predicted octanol–water partition coefficient (Wildman–Crippen LogP) is 3.30. The lowest BCUT2D eigenvalue weighted by molar-refractivity contribution is -0.115. The highest BCUT2D eigenvalue weighted by molar-refractivity contribution is 6.19. The highest BCUT2D eigenvalue weighted by Crippen LogP contribution is 2.19. The van der Waals surface area contributed by atoms with Crippen LogP contribution in [0.4, 0.5) is 5.82 Å². The van der Waals surface area contributed by atoms with Crippen molar-refractivity contribution in [1.29, 1.82) is 0 Å². The van der Waals surface area contributed by atoms with Crippen molar-refractivity contribution in [2.24, 2.45) is 0 Å². The van der Waals surface area contributed by atoms with Gasteiger partial charge in [0.25, 0.3) is 0 Å². The minimum Gasteiger partial charge on any atom is -0.310 e. The van der Waals surface area contributed by atoms with Gasteiger partial charge < -0.3 is 5.32 Å². The minimum absolute atomic E-state index is 0.142. The van der Waals surface area contributed by atoms with Crippen molar-refractivity contribution < 1.29 is 4.79 Å². The van der Waals surface area contributed by atoms with Crippen LogP contribution in [0.3, 0.4) is 0 Å². The standard InChI is InChI=1S/C16H15ClN4O/c1-11-10-15(19-16(22)8-9-17)21(20-11)14-7-6-12-4-2-3-5-13(12)18-14/h2-7,10H,8-9H2,1H3,(H,19,22). The molecular formula is C16H15ClN4O. The first-order valence-electron chi connectivity index (χ1n) is 6.96. The van der Waals surface area contributed by atoms with Gasteiger partial charge in [0.2, 0.25) is 5.91 Å². The number of rotatable bonds is 4. The molecule has 6 heteroatoms. The van der Waals surface area contributed by atoms with Crippen molar-refractivity contribution >= 4 is 34.2 Å². The molecule has 22 heavy (non-hydrogen) atoms. The van der Waals surface area contributed by atoms with Gasteiger partial charge in [0.1, 0.15) is 5.82 Å². The van der Waals surface area contributed by atoms with Gasteiger partial charge in [-0.05, 0) is 25.1 Å². The second kappa shape index (κ2) is 6.15. The molecule has 0 fully saturated rings. The quantitative estimate of drug-likeness (QED) is 0.752. The molecule has 0 atom stereocenters. The third kappa shape index (κ3) is 2.94. The maximum atomic E-state index is 11.8. The molecule has 0 bridgehead atoms. The average molecular weight is 315 g/mol. The van der Waals surface area contributed by atoms with E-state index in [9.17, 15) is 4.79 Å². The fraction of sp³-hybridized carbons (Fsp3) is 0.188. The SMILES string of the molecule is Cc1cc(NC(=O)CCCl)n(-c2ccc3ccccc3n2)n1. The Kier molecular flexibility index (Phi) is 4.06. The highest BCUT2D eigenvalue weighted by atomic mass is 35.5. The first kappa shape index (κ1) is 14.5. The minimum atomic E-state index is -0.142. The first-order chi connectivity index (χ1) is 10.7. The molecule has 0 aliphatic heterocycles. The Bertz CT molecular complexity index is 828. The maximum absolute atomic E-state index is 11.8. The normalized spacial score (nSPS) is 10.8. The van der Waals surface area contributed by atoms with Gasteiger partial charge in [-0.15, -0.1) is 11.6 Å². The Morgan fingerprint density at radius 3 is 2.91 bits per heavy atom. The summed E-state index contributed by atoms with van der Waals surface area (Å²) in [7, 11) is 0. The second-order valence-electron chi connectivity index (χ2n) is 4.93. The number of aromatic nitrogens is 3. The predicted molar refractivity (Wildman–Crippen MR) is 87.6 cm³/mol. The number of fused-ring (bicyclic) bond motifs is 1. The highest BCUT2D eigenvalue weighted by Gasteiger charge is 2.12. The molecule has 0 saturated carbocycles. The van der Waals surface area contributed by atoms with Crippen molar-refractivity contribution in [2.45, 2.75) is 13.3 Å².